The lowest BCUT2D eigenvalue weighted by atomic mass is 10.3. The second-order valence-corrected chi connectivity index (χ2v) is 5.19. The number of hydrogen-bond donors (Lipinski definition) is 1. The average molecular weight is 242 g/mol. The van der Waals surface area contributed by atoms with Gasteiger partial charge in [0.2, 0.25) is 15.9 Å². The number of anilines is 1. The van der Waals surface area contributed by atoms with Crippen LogP contribution in [0.5, 0.6) is 0 Å². The van der Waals surface area contributed by atoms with Crippen molar-refractivity contribution in [1.82, 2.24) is 5.32 Å². The Morgan fingerprint density at radius 1 is 1.31 bits per heavy atom. The van der Waals surface area contributed by atoms with Crippen LogP contribution in [0.2, 0.25) is 0 Å². The minimum Gasteiger partial charge on any atom is -0.358 e. The lowest BCUT2D eigenvalue weighted by molar-refractivity contribution is -0.119. The van der Waals surface area contributed by atoms with E-state index in [1.165, 1.54) is 7.05 Å². The number of nitrogens with zero attached hydrogens (tertiary/aromatic N) is 1. The van der Waals surface area contributed by atoms with Crippen LogP contribution in [0.25, 0.3) is 0 Å². The number of nitrogens with one attached hydrogen (secondary N) is 1. The Morgan fingerprint density at radius 2 is 1.88 bits per heavy atom. The Kier molecular flexibility index (Phi) is 3.89. The quantitative estimate of drug-likeness (QED) is 0.820. The molecule has 0 saturated carbocycles. The molecule has 0 aliphatic heterocycles. The number of carbonyl (C=O) groups is 1. The van der Waals surface area contributed by atoms with E-state index in [-0.39, 0.29) is 12.5 Å². The van der Waals surface area contributed by atoms with E-state index in [0.29, 0.717) is 5.69 Å². The van der Waals surface area contributed by atoms with Crippen LogP contribution in [0, 0.1) is 0 Å². The minimum atomic E-state index is -3.45. The Bertz CT molecular complexity index is 456. The highest BCUT2D eigenvalue weighted by atomic mass is 32.2. The van der Waals surface area contributed by atoms with Gasteiger partial charge >= 0.3 is 0 Å². The summed E-state index contributed by atoms with van der Waals surface area (Å²) >= 11 is 0. The maximum absolute atomic E-state index is 11.5. The fourth-order valence-corrected chi connectivity index (χ4v) is 2.06. The largest absolute Gasteiger partial charge is 0.358 e. The number of para-hydroxylation sites is 1. The van der Waals surface area contributed by atoms with Crippen LogP contribution < -0.4 is 9.62 Å². The van der Waals surface area contributed by atoms with Crippen molar-refractivity contribution < 1.29 is 13.2 Å². The van der Waals surface area contributed by atoms with E-state index in [1.54, 1.807) is 30.3 Å². The third-order valence-electron chi connectivity index (χ3n) is 2.01. The number of likely N-dealkylation sites (N-methyl/N-ethyl adjacent to an activating group) is 1. The van der Waals surface area contributed by atoms with E-state index in [4.69, 9.17) is 0 Å². The molecule has 0 bridgehead atoms. The van der Waals surface area contributed by atoms with Crippen molar-refractivity contribution >= 4 is 21.6 Å². The number of sulfonamides is 1. The molecule has 0 saturated heterocycles. The number of rotatable bonds is 4. The summed E-state index contributed by atoms with van der Waals surface area (Å²) in [7, 11) is -1.98. The first-order chi connectivity index (χ1) is 7.45. The number of hydrogen-bond acceptors (Lipinski definition) is 3. The van der Waals surface area contributed by atoms with Crippen molar-refractivity contribution in [2.45, 2.75) is 0 Å². The molecular weight excluding hydrogens is 228 g/mol. The van der Waals surface area contributed by atoms with Gasteiger partial charge in [0.1, 0.15) is 6.54 Å². The lowest BCUT2D eigenvalue weighted by Gasteiger charge is -2.21. The van der Waals surface area contributed by atoms with Gasteiger partial charge in [0, 0.05) is 7.05 Å². The fraction of sp³-hybridized carbons (Fsp3) is 0.300. The molecular formula is C10H14N2O3S. The molecule has 1 rings (SSSR count). The van der Waals surface area contributed by atoms with Gasteiger partial charge in [-0.05, 0) is 12.1 Å². The molecule has 6 heteroatoms. The summed E-state index contributed by atoms with van der Waals surface area (Å²) in [5.74, 6) is -0.353. The van der Waals surface area contributed by atoms with E-state index < -0.39 is 10.0 Å². The van der Waals surface area contributed by atoms with Crippen LogP contribution in [-0.2, 0) is 14.8 Å². The van der Waals surface area contributed by atoms with Crippen molar-refractivity contribution in [2.75, 3.05) is 24.2 Å². The molecule has 0 heterocycles. The van der Waals surface area contributed by atoms with E-state index in [0.717, 1.165) is 10.6 Å². The van der Waals surface area contributed by atoms with Crippen LogP contribution >= 0.6 is 0 Å². The highest BCUT2D eigenvalue weighted by Crippen LogP contribution is 2.15. The summed E-state index contributed by atoms with van der Waals surface area (Å²) in [6.07, 6.45) is 1.07. The molecule has 0 aliphatic carbocycles. The highest BCUT2D eigenvalue weighted by Gasteiger charge is 2.19. The van der Waals surface area contributed by atoms with Gasteiger partial charge in [-0.3, -0.25) is 9.10 Å². The highest BCUT2D eigenvalue weighted by molar-refractivity contribution is 7.92. The van der Waals surface area contributed by atoms with Gasteiger partial charge in [0.05, 0.1) is 11.9 Å². The predicted molar refractivity (Wildman–Crippen MR) is 62.7 cm³/mol. The van der Waals surface area contributed by atoms with E-state index in [1.807, 2.05) is 0 Å². The molecule has 0 fully saturated rings. The summed E-state index contributed by atoms with van der Waals surface area (Å²) in [6.45, 7) is -0.209. The minimum absolute atomic E-state index is 0.209. The zero-order valence-electron chi connectivity index (χ0n) is 9.17. The molecule has 1 N–H and O–H groups in total. The SMILES string of the molecule is CNC(=O)CN(c1ccccc1)S(C)(=O)=O. The molecule has 5 nitrogen and oxygen atoms in total. The van der Waals surface area contributed by atoms with Crippen LogP contribution in [0.4, 0.5) is 5.69 Å². The molecule has 1 aromatic rings. The Hall–Kier alpha value is -1.56. The molecule has 1 amide bonds. The normalized spacial score (nSPS) is 10.9. The monoisotopic (exact) mass is 242 g/mol. The second-order valence-electron chi connectivity index (χ2n) is 3.28. The summed E-state index contributed by atoms with van der Waals surface area (Å²) in [5, 5.41) is 2.39. The predicted octanol–water partition coefficient (Wildman–Crippen LogP) is 0.199. The molecule has 0 aromatic heterocycles. The van der Waals surface area contributed by atoms with E-state index in [9.17, 15) is 13.2 Å². The van der Waals surface area contributed by atoms with Gasteiger partial charge in [-0.15, -0.1) is 0 Å². The van der Waals surface area contributed by atoms with Gasteiger partial charge in [0.25, 0.3) is 0 Å². The first kappa shape index (κ1) is 12.5. The summed E-state index contributed by atoms with van der Waals surface area (Å²) in [4.78, 5) is 11.2. The molecule has 0 aliphatic rings. The van der Waals surface area contributed by atoms with Gasteiger partial charge in [-0.1, -0.05) is 18.2 Å². The van der Waals surface area contributed by atoms with Gasteiger partial charge in [-0.25, -0.2) is 8.42 Å². The van der Waals surface area contributed by atoms with Crippen LogP contribution in [0.1, 0.15) is 0 Å². The van der Waals surface area contributed by atoms with Gasteiger partial charge in [0.15, 0.2) is 0 Å². The maximum Gasteiger partial charge on any atom is 0.240 e. The van der Waals surface area contributed by atoms with Crippen LogP contribution in [-0.4, -0.2) is 34.2 Å². The van der Waals surface area contributed by atoms with Crippen LogP contribution in [0.3, 0.4) is 0 Å². The van der Waals surface area contributed by atoms with Gasteiger partial charge < -0.3 is 5.32 Å². The maximum atomic E-state index is 11.5. The molecule has 0 radical (unpaired) electrons. The second kappa shape index (κ2) is 4.98. The number of benzene rings is 1. The van der Waals surface area contributed by atoms with Crippen molar-refractivity contribution in [1.29, 1.82) is 0 Å². The lowest BCUT2D eigenvalue weighted by Crippen LogP contribution is -2.39. The number of carbonyl (C=O) groups excluding carboxylic acids is 1. The summed E-state index contributed by atoms with van der Waals surface area (Å²) < 4.78 is 24.1. The fourth-order valence-electron chi connectivity index (χ4n) is 1.20. The summed E-state index contributed by atoms with van der Waals surface area (Å²) in [5.41, 5.74) is 0.480. The third-order valence-corrected chi connectivity index (χ3v) is 3.15. The van der Waals surface area contributed by atoms with Crippen molar-refractivity contribution in [3.05, 3.63) is 30.3 Å². The van der Waals surface area contributed by atoms with Crippen molar-refractivity contribution in [3.63, 3.8) is 0 Å². The topological polar surface area (TPSA) is 66.5 Å². The zero-order chi connectivity index (χ0) is 12.2. The first-order valence-electron chi connectivity index (χ1n) is 4.68. The molecule has 16 heavy (non-hydrogen) atoms. The Balaban J connectivity index is 3.03. The van der Waals surface area contributed by atoms with Crippen molar-refractivity contribution in [2.24, 2.45) is 0 Å². The molecule has 1 aromatic carbocycles. The van der Waals surface area contributed by atoms with Crippen LogP contribution in [0.15, 0.2) is 30.3 Å². The summed E-state index contributed by atoms with van der Waals surface area (Å²) in [6, 6.07) is 8.51. The average Bonchev–Trinajstić information content (AvgIpc) is 2.25. The smallest absolute Gasteiger partial charge is 0.240 e. The number of amides is 1. The molecule has 0 spiro atoms. The van der Waals surface area contributed by atoms with E-state index >= 15 is 0 Å². The van der Waals surface area contributed by atoms with E-state index in [2.05, 4.69) is 5.32 Å². The Morgan fingerprint density at radius 3 is 2.31 bits per heavy atom. The molecule has 0 unspecified atom stereocenters. The van der Waals surface area contributed by atoms with Gasteiger partial charge in [-0.2, -0.15) is 0 Å². The Labute approximate surface area is 95.1 Å². The molecule has 88 valence electrons. The van der Waals surface area contributed by atoms with Crippen molar-refractivity contribution in [3.8, 4) is 0 Å². The standard InChI is InChI=1S/C10H14N2O3S/c1-11-10(13)8-12(16(2,14)15)9-6-4-3-5-7-9/h3-7H,8H2,1-2H3,(H,11,13). The molecule has 0 atom stereocenters. The third kappa shape index (κ3) is 3.23. The first-order valence-corrected chi connectivity index (χ1v) is 6.53. The zero-order valence-corrected chi connectivity index (χ0v) is 9.99.